The monoisotopic (exact) mass is 664 g/mol. The molecule has 16 nitrogen and oxygen atoms in total. The van der Waals surface area contributed by atoms with Gasteiger partial charge < -0.3 is 40.2 Å². The molecule has 2 atom stereocenters. The molecule has 16 heteroatoms. The van der Waals surface area contributed by atoms with Crippen molar-refractivity contribution in [2.45, 2.75) is 80.9 Å². The van der Waals surface area contributed by atoms with Crippen molar-refractivity contribution in [2.75, 3.05) is 42.3 Å². The Balaban J connectivity index is 0. The fourth-order valence-electron chi connectivity index (χ4n) is 4.03. The average molecular weight is 665 g/mol. The molecule has 2 aromatic rings. The molecule has 0 bridgehead atoms. The summed E-state index contributed by atoms with van der Waals surface area (Å²) < 4.78 is 3.70. The summed E-state index contributed by atoms with van der Waals surface area (Å²) in [5.74, 6) is 1.06. The molecule has 0 aromatic carbocycles. The van der Waals surface area contributed by atoms with Crippen molar-refractivity contribution in [2.24, 2.45) is 7.05 Å². The van der Waals surface area contributed by atoms with Crippen LogP contribution in [0.25, 0.3) is 0 Å². The zero-order chi connectivity index (χ0) is 37.3. The van der Waals surface area contributed by atoms with Crippen LogP contribution in [0.1, 0.15) is 78.6 Å². The number of amides is 6. The van der Waals surface area contributed by atoms with Crippen LogP contribution in [0.15, 0.2) is 0 Å². The Bertz CT molecular complexity index is 1340. The van der Waals surface area contributed by atoms with Crippen molar-refractivity contribution < 1.29 is 28.8 Å². The molecular formula is C31H56N10O6. The number of aromatic nitrogens is 4. The van der Waals surface area contributed by atoms with E-state index in [1.165, 1.54) is 23.6 Å². The number of likely N-dealkylation sites (N-methyl/N-ethyl adjacent to an activating group) is 4. The summed E-state index contributed by atoms with van der Waals surface area (Å²) in [5, 5.41) is 10.1. The third-order valence-electron chi connectivity index (χ3n) is 7.43. The van der Waals surface area contributed by atoms with Gasteiger partial charge >= 0.3 is 0 Å². The van der Waals surface area contributed by atoms with Gasteiger partial charge in [0.25, 0.3) is 11.8 Å². The van der Waals surface area contributed by atoms with E-state index >= 15 is 0 Å². The SMILES string of the molecule is CCn1c(C)nc(C)c1C(=O)NC.CNC(=O)C(C)N(C)C(C)=O.CNC(=O)C(C)N(C)C(C)=O.CNC(=O)c1c(C)nc(C)n1C. The topological polar surface area (TPSA) is 193 Å². The molecule has 2 rings (SSSR count). The van der Waals surface area contributed by atoms with Crippen LogP contribution in [0.5, 0.6) is 0 Å². The molecule has 266 valence electrons. The highest BCUT2D eigenvalue weighted by molar-refractivity contribution is 5.94. The van der Waals surface area contributed by atoms with E-state index in [9.17, 15) is 28.8 Å². The van der Waals surface area contributed by atoms with Crippen molar-refractivity contribution in [3.05, 3.63) is 34.4 Å². The predicted molar refractivity (Wildman–Crippen MR) is 181 cm³/mol. The van der Waals surface area contributed by atoms with Gasteiger partial charge in [0.05, 0.1) is 11.4 Å². The van der Waals surface area contributed by atoms with Crippen LogP contribution in [-0.2, 0) is 32.8 Å². The fourth-order valence-corrected chi connectivity index (χ4v) is 4.03. The second kappa shape index (κ2) is 21.1. The number of hydrogen-bond donors (Lipinski definition) is 4. The summed E-state index contributed by atoms with van der Waals surface area (Å²) in [6.45, 7) is 16.5. The van der Waals surface area contributed by atoms with Gasteiger partial charge in [0.2, 0.25) is 23.6 Å². The first kappa shape index (κ1) is 44.4. The zero-order valence-corrected chi connectivity index (χ0v) is 31.0. The molecule has 0 spiro atoms. The molecule has 0 saturated heterocycles. The molecule has 0 saturated carbocycles. The number of carbonyl (C=O) groups excluding carboxylic acids is 6. The Morgan fingerprint density at radius 2 is 1.00 bits per heavy atom. The molecule has 2 heterocycles. The van der Waals surface area contributed by atoms with Gasteiger partial charge in [-0.1, -0.05) is 0 Å². The van der Waals surface area contributed by atoms with E-state index in [1.807, 2.05) is 46.2 Å². The Hall–Kier alpha value is -4.76. The average Bonchev–Trinajstić information content (AvgIpc) is 3.48. The molecule has 0 aliphatic carbocycles. The number of nitrogens with one attached hydrogen (secondary N) is 4. The highest BCUT2D eigenvalue weighted by Crippen LogP contribution is 2.10. The molecular weight excluding hydrogens is 608 g/mol. The van der Waals surface area contributed by atoms with Crippen LogP contribution in [0.3, 0.4) is 0 Å². The molecule has 2 unspecified atom stereocenters. The standard InChI is InChI=1S/C9H15N3O.C8H13N3O.2C7H14N2O2/c1-5-12-7(3)11-6(2)8(12)9(13)10-4;1-5-7(8(12)9-3)11(4)6(2)10-5;2*1-5(7(11)8-3)9(4)6(2)10/h5H2,1-4H3,(H,10,13);1-4H3,(H,9,12);2*5H,1-4H3,(H,8,11). The summed E-state index contributed by atoms with van der Waals surface area (Å²) >= 11 is 0. The quantitative estimate of drug-likeness (QED) is 0.328. The van der Waals surface area contributed by atoms with E-state index in [1.54, 1.807) is 60.7 Å². The smallest absolute Gasteiger partial charge is 0.269 e. The molecule has 0 aliphatic rings. The normalized spacial score (nSPS) is 11.0. The first-order valence-corrected chi connectivity index (χ1v) is 15.1. The van der Waals surface area contributed by atoms with E-state index in [4.69, 9.17) is 0 Å². The maximum atomic E-state index is 11.5. The van der Waals surface area contributed by atoms with Crippen LogP contribution in [0.2, 0.25) is 0 Å². The van der Waals surface area contributed by atoms with Gasteiger partial charge in [-0.2, -0.15) is 0 Å². The summed E-state index contributed by atoms with van der Waals surface area (Å²) in [7, 11) is 11.4. The van der Waals surface area contributed by atoms with E-state index in [0.717, 1.165) is 29.6 Å². The lowest BCUT2D eigenvalue weighted by molar-refractivity contribution is -0.136. The summed E-state index contributed by atoms with van der Waals surface area (Å²) in [4.78, 5) is 77.4. The van der Waals surface area contributed by atoms with Crippen molar-refractivity contribution in [1.82, 2.24) is 50.2 Å². The maximum absolute atomic E-state index is 11.5. The lowest BCUT2D eigenvalue weighted by Crippen LogP contribution is -2.43. The Morgan fingerprint density at radius 3 is 1.28 bits per heavy atom. The minimum atomic E-state index is -0.391. The maximum Gasteiger partial charge on any atom is 0.269 e. The van der Waals surface area contributed by atoms with Gasteiger partial charge in [-0.05, 0) is 48.5 Å². The Labute approximate surface area is 279 Å². The summed E-state index contributed by atoms with van der Waals surface area (Å²) in [5.41, 5.74) is 2.87. The molecule has 4 N–H and O–H groups in total. The zero-order valence-electron chi connectivity index (χ0n) is 31.0. The molecule has 2 aromatic heterocycles. The first-order valence-electron chi connectivity index (χ1n) is 15.1. The molecule has 0 aliphatic heterocycles. The first-order chi connectivity index (χ1) is 21.7. The number of hydrogen-bond acceptors (Lipinski definition) is 8. The van der Waals surface area contributed by atoms with Crippen molar-refractivity contribution in [1.29, 1.82) is 0 Å². The molecule has 0 radical (unpaired) electrons. The van der Waals surface area contributed by atoms with Crippen molar-refractivity contribution in [3.63, 3.8) is 0 Å². The van der Waals surface area contributed by atoms with Gasteiger partial charge in [0, 0.05) is 69.7 Å². The lowest BCUT2D eigenvalue weighted by atomic mass is 10.3. The minimum absolute atomic E-state index is 0.0695. The van der Waals surface area contributed by atoms with Gasteiger partial charge in [0.15, 0.2) is 0 Å². The second-order valence-electron chi connectivity index (χ2n) is 10.5. The van der Waals surface area contributed by atoms with Crippen LogP contribution >= 0.6 is 0 Å². The second-order valence-corrected chi connectivity index (χ2v) is 10.5. The molecule has 0 fully saturated rings. The molecule has 6 amide bonds. The number of aryl methyl sites for hydroxylation is 4. The third-order valence-corrected chi connectivity index (χ3v) is 7.43. The van der Waals surface area contributed by atoms with E-state index in [-0.39, 0.29) is 35.4 Å². The largest absolute Gasteiger partial charge is 0.357 e. The van der Waals surface area contributed by atoms with Gasteiger partial charge in [0.1, 0.15) is 35.1 Å². The Morgan fingerprint density at radius 1 is 0.660 bits per heavy atom. The fraction of sp³-hybridized carbons (Fsp3) is 0.613. The van der Waals surface area contributed by atoms with Crippen molar-refractivity contribution >= 4 is 35.4 Å². The summed E-state index contributed by atoms with van der Waals surface area (Å²) in [6, 6.07) is -0.782. The van der Waals surface area contributed by atoms with Gasteiger partial charge in [-0.15, -0.1) is 0 Å². The molecule has 47 heavy (non-hydrogen) atoms. The van der Waals surface area contributed by atoms with Crippen LogP contribution in [0.4, 0.5) is 0 Å². The number of imidazole rings is 2. The highest BCUT2D eigenvalue weighted by Gasteiger charge is 2.19. The van der Waals surface area contributed by atoms with Crippen molar-refractivity contribution in [3.8, 4) is 0 Å². The number of carbonyl (C=O) groups is 6. The van der Waals surface area contributed by atoms with E-state index < -0.39 is 12.1 Å². The van der Waals surface area contributed by atoms with Gasteiger partial charge in [-0.25, -0.2) is 9.97 Å². The number of nitrogens with zero attached hydrogens (tertiary/aromatic N) is 6. The van der Waals surface area contributed by atoms with Crippen LogP contribution in [-0.4, -0.2) is 119 Å². The minimum Gasteiger partial charge on any atom is -0.357 e. The third kappa shape index (κ3) is 13.2. The van der Waals surface area contributed by atoms with E-state index in [2.05, 4.69) is 31.2 Å². The number of rotatable bonds is 7. The van der Waals surface area contributed by atoms with Gasteiger partial charge in [-0.3, -0.25) is 28.8 Å². The summed E-state index contributed by atoms with van der Waals surface area (Å²) in [6.07, 6.45) is 0. The Kier molecular flexibility index (Phi) is 19.9. The highest BCUT2D eigenvalue weighted by atomic mass is 16.2. The van der Waals surface area contributed by atoms with E-state index in [0.29, 0.717) is 11.4 Å². The lowest BCUT2D eigenvalue weighted by Gasteiger charge is -2.21. The van der Waals surface area contributed by atoms with Crippen LogP contribution in [0, 0.1) is 27.7 Å². The van der Waals surface area contributed by atoms with Crippen LogP contribution < -0.4 is 21.3 Å². The predicted octanol–water partition coefficient (Wildman–Crippen LogP) is 0.474.